The molecule has 0 saturated heterocycles. The number of rotatable bonds is 5. The van der Waals surface area contributed by atoms with Crippen molar-refractivity contribution in [3.8, 4) is 11.4 Å². The van der Waals surface area contributed by atoms with Crippen LogP contribution in [0.25, 0.3) is 11.4 Å². The SMILES string of the molecule is COC(=O)c1ccnc(-c2ccc(CO[Si](C)(C)C(C)(C)C)cc2)n1. The number of carbonyl (C=O) groups excluding carboxylic acids is 1. The summed E-state index contributed by atoms with van der Waals surface area (Å²) in [6, 6.07) is 9.45. The van der Waals surface area contributed by atoms with Crippen molar-refractivity contribution >= 4 is 14.3 Å². The molecule has 2 rings (SSSR count). The van der Waals surface area contributed by atoms with E-state index in [1.165, 1.54) is 13.2 Å². The molecule has 0 bridgehead atoms. The Kier molecular flexibility index (Phi) is 5.75. The fourth-order valence-electron chi connectivity index (χ4n) is 1.95. The van der Waals surface area contributed by atoms with Gasteiger partial charge in [0.1, 0.15) is 0 Å². The normalized spacial score (nSPS) is 12.1. The fraction of sp³-hybridized carbons (Fsp3) is 0.421. The Balaban J connectivity index is 2.11. The van der Waals surface area contributed by atoms with Gasteiger partial charge < -0.3 is 9.16 Å². The minimum atomic E-state index is -1.77. The van der Waals surface area contributed by atoms with Crippen molar-refractivity contribution in [1.29, 1.82) is 0 Å². The first-order valence-electron chi connectivity index (χ1n) is 8.29. The maximum absolute atomic E-state index is 11.6. The maximum atomic E-state index is 11.6. The standard InChI is InChI=1S/C19H26N2O3Si/c1-19(2,3)25(5,6)24-13-14-7-9-15(10-8-14)17-20-12-11-16(21-17)18(22)23-4/h7-12H,13H2,1-6H3. The molecule has 0 radical (unpaired) electrons. The lowest BCUT2D eigenvalue weighted by atomic mass is 10.1. The molecule has 1 aromatic heterocycles. The third-order valence-electron chi connectivity index (χ3n) is 4.67. The Morgan fingerprint density at radius 3 is 2.32 bits per heavy atom. The zero-order chi connectivity index (χ0) is 18.7. The van der Waals surface area contributed by atoms with Crippen molar-refractivity contribution in [3.05, 3.63) is 47.8 Å². The molecule has 0 unspecified atom stereocenters. The molecule has 134 valence electrons. The fourth-order valence-corrected chi connectivity index (χ4v) is 2.91. The summed E-state index contributed by atoms with van der Waals surface area (Å²) in [4.78, 5) is 20.1. The summed E-state index contributed by atoms with van der Waals surface area (Å²) in [7, 11) is -0.431. The number of hydrogen-bond donors (Lipinski definition) is 0. The summed E-state index contributed by atoms with van der Waals surface area (Å²) >= 11 is 0. The number of hydrogen-bond acceptors (Lipinski definition) is 5. The molecular formula is C19H26N2O3Si. The number of aromatic nitrogens is 2. The van der Waals surface area contributed by atoms with E-state index < -0.39 is 14.3 Å². The summed E-state index contributed by atoms with van der Waals surface area (Å²) in [5.74, 6) is 0.0304. The van der Waals surface area contributed by atoms with Gasteiger partial charge >= 0.3 is 5.97 Å². The van der Waals surface area contributed by atoms with Gasteiger partial charge in [-0.15, -0.1) is 0 Å². The summed E-state index contributed by atoms with van der Waals surface area (Å²) in [6.45, 7) is 11.8. The first kappa shape index (κ1) is 19.3. The van der Waals surface area contributed by atoms with Crippen molar-refractivity contribution in [1.82, 2.24) is 9.97 Å². The van der Waals surface area contributed by atoms with Crippen LogP contribution in [0.2, 0.25) is 18.1 Å². The van der Waals surface area contributed by atoms with Gasteiger partial charge in [0.25, 0.3) is 0 Å². The Morgan fingerprint density at radius 1 is 1.12 bits per heavy atom. The van der Waals surface area contributed by atoms with Gasteiger partial charge in [-0.25, -0.2) is 14.8 Å². The van der Waals surface area contributed by atoms with Crippen LogP contribution in [0.15, 0.2) is 36.5 Å². The smallest absolute Gasteiger partial charge is 0.356 e. The Hall–Kier alpha value is -2.05. The summed E-state index contributed by atoms with van der Waals surface area (Å²) in [5, 5.41) is 0.190. The van der Waals surface area contributed by atoms with Gasteiger partial charge in [-0.2, -0.15) is 0 Å². The number of benzene rings is 1. The van der Waals surface area contributed by atoms with Crippen molar-refractivity contribution < 1.29 is 14.0 Å². The first-order valence-corrected chi connectivity index (χ1v) is 11.2. The number of nitrogens with zero attached hydrogens (tertiary/aromatic N) is 2. The molecule has 0 saturated carbocycles. The molecule has 1 heterocycles. The van der Waals surface area contributed by atoms with E-state index in [4.69, 9.17) is 9.16 Å². The van der Waals surface area contributed by atoms with Gasteiger partial charge in [0.2, 0.25) is 0 Å². The Morgan fingerprint density at radius 2 is 1.76 bits per heavy atom. The van der Waals surface area contributed by atoms with Crippen molar-refractivity contribution in [3.63, 3.8) is 0 Å². The van der Waals surface area contributed by atoms with E-state index >= 15 is 0 Å². The predicted molar refractivity (Wildman–Crippen MR) is 101 cm³/mol. The van der Waals surface area contributed by atoms with E-state index in [9.17, 15) is 4.79 Å². The van der Waals surface area contributed by atoms with E-state index in [1.807, 2.05) is 24.3 Å². The highest BCUT2D eigenvalue weighted by Gasteiger charge is 2.36. The molecule has 0 fully saturated rings. The van der Waals surface area contributed by atoms with Crippen LogP contribution < -0.4 is 0 Å². The highest BCUT2D eigenvalue weighted by atomic mass is 28.4. The van der Waals surface area contributed by atoms with Crippen molar-refractivity contribution in [2.45, 2.75) is 45.5 Å². The summed E-state index contributed by atoms with van der Waals surface area (Å²) in [6.07, 6.45) is 1.56. The first-order chi connectivity index (χ1) is 11.6. The van der Waals surface area contributed by atoms with Crippen LogP contribution in [-0.2, 0) is 15.8 Å². The lowest BCUT2D eigenvalue weighted by Crippen LogP contribution is -2.40. The van der Waals surface area contributed by atoms with Crippen LogP contribution >= 0.6 is 0 Å². The van der Waals surface area contributed by atoms with Gasteiger partial charge in [0.05, 0.1) is 13.7 Å². The van der Waals surface area contributed by atoms with Gasteiger partial charge in [0, 0.05) is 11.8 Å². The number of esters is 1. The topological polar surface area (TPSA) is 61.3 Å². The average molecular weight is 359 g/mol. The molecule has 0 aliphatic carbocycles. The van der Waals surface area contributed by atoms with E-state index in [0.717, 1.165) is 11.1 Å². The van der Waals surface area contributed by atoms with Crippen LogP contribution in [0.1, 0.15) is 36.8 Å². The number of ether oxygens (including phenoxy) is 1. The molecular weight excluding hydrogens is 332 g/mol. The summed E-state index contributed by atoms with van der Waals surface area (Å²) in [5.41, 5.74) is 2.21. The van der Waals surface area contributed by atoms with Gasteiger partial charge in [-0.05, 0) is 29.8 Å². The highest BCUT2D eigenvalue weighted by molar-refractivity contribution is 6.74. The molecule has 5 nitrogen and oxygen atoms in total. The molecule has 2 aromatic rings. The highest BCUT2D eigenvalue weighted by Crippen LogP contribution is 2.37. The molecule has 0 spiro atoms. The molecule has 6 heteroatoms. The zero-order valence-corrected chi connectivity index (χ0v) is 16.8. The second kappa shape index (κ2) is 7.45. The third kappa shape index (κ3) is 4.73. The van der Waals surface area contributed by atoms with Crippen LogP contribution in [0.3, 0.4) is 0 Å². The Bertz CT molecular complexity index is 737. The summed E-state index contributed by atoms with van der Waals surface area (Å²) < 4.78 is 10.9. The van der Waals surface area contributed by atoms with E-state index in [1.54, 1.807) is 6.20 Å². The van der Waals surface area contributed by atoms with Crippen LogP contribution in [-0.4, -0.2) is 31.4 Å². The largest absolute Gasteiger partial charge is 0.464 e. The molecule has 0 aliphatic heterocycles. The average Bonchev–Trinajstić information content (AvgIpc) is 2.59. The van der Waals surface area contributed by atoms with E-state index in [0.29, 0.717) is 12.4 Å². The maximum Gasteiger partial charge on any atom is 0.356 e. The lowest BCUT2D eigenvalue weighted by molar-refractivity contribution is 0.0594. The quantitative estimate of drug-likeness (QED) is 0.583. The van der Waals surface area contributed by atoms with Crippen LogP contribution in [0.5, 0.6) is 0 Å². The van der Waals surface area contributed by atoms with Crippen LogP contribution in [0, 0.1) is 0 Å². The van der Waals surface area contributed by atoms with E-state index in [2.05, 4.69) is 43.8 Å². The molecule has 0 amide bonds. The molecule has 1 aromatic carbocycles. The lowest BCUT2D eigenvalue weighted by Gasteiger charge is -2.36. The van der Waals surface area contributed by atoms with Gasteiger partial charge in [-0.1, -0.05) is 45.0 Å². The monoisotopic (exact) mass is 358 g/mol. The molecule has 25 heavy (non-hydrogen) atoms. The van der Waals surface area contributed by atoms with Gasteiger partial charge in [-0.3, -0.25) is 0 Å². The zero-order valence-electron chi connectivity index (χ0n) is 15.8. The predicted octanol–water partition coefficient (Wildman–Crippen LogP) is 4.45. The van der Waals surface area contributed by atoms with Gasteiger partial charge in [0.15, 0.2) is 19.8 Å². The minimum absolute atomic E-state index is 0.190. The Labute approximate surface area is 150 Å². The number of methoxy groups -OCH3 is 1. The molecule has 0 aliphatic rings. The van der Waals surface area contributed by atoms with Crippen molar-refractivity contribution in [2.24, 2.45) is 0 Å². The van der Waals surface area contributed by atoms with E-state index in [-0.39, 0.29) is 10.7 Å². The van der Waals surface area contributed by atoms with Crippen molar-refractivity contribution in [2.75, 3.05) is 7.11 Å². The second-order valence-electron chi connectivity index (χ2n) is 7.50. The van der Waals surface area contributed by atoms with Crippen LogP contribution in [0.4, 0.5) is 0 Å². The second-order valence-corrected chi connectivity index (χ2v) is 12.3. The number of carbonyl (C=O) groups is 1. The molecule has 0 atom stereocenters. The minimum Gasteiger partial charge on any atom is -0.464 e. The molecule has 0 N–H and O–H groups in total. The third-order valence-corrected chi connectivity index (χ3v) is 9.15.